The topological polar surface area (TPSA) is 28.7 Å². The molecule has 0 bridgehead atoms. The molecular formula is C2HClN2NaS2+. The standard InChI is InChI=1S/C2HClN2S2.Na/c3-1-4-2(6)5-7-1;/h(H,5,6);/q;+1. The minimum absolute atomic E-state index is 0. The molecule has 0 aliphatic heterocycles. The van der Waals surface area contributed by atoms with E-state index < -0.39 is 0 Å². The first-order valence-corrected chi connectivity index (χ1v) is 3.10. The van der Waals surface area contributed by atoms with Crippen molar-refractivity contribution >= 4 is 35.4 Å². The van der Waals surface area contributed by atoms with Gasteiger partial charge >= 0.3 is 29.6 Å². The van der Waals surface area contributed by atoms with E-state index in [4.69, 9.17) is 11.6 Å². The van der Waals surface area contributed by atoms with Crippen LogP contribution in [0.5, 0.6) is 0 Å². The number of rotatable bonds is 0. The summed E-state index contributed by atoms with van der Waals surface area (Å²) >= 11 is 11.2. The Bertz CT molecular complexity index is 206. The molecule has 0 aliphatic carbocycles. The Morgan fingerprint density at radius 2 is 2.38 bits per heavy atom. The van der Waals surface area contributed by atoms with E-state index in [0.29, 0.717) is 9.24 Å². The van der Waals surface area contributed by atoms with E-state index in [9.17, 15) is 0 Å². The first-order chi connectivity index (χ1) is 3.29. The van der Waals surface area contributed by atoms with Crippen LogP contribution in [0.4, 0.5) is 0 Å². The average Bonchev–Trinajstić information content (AvgIpc) is 1.87. The number of aromatic nitrogens is 2. The van der Waals surface area contributed by atoms with Gasteiger partial charge in [0.2, 0.25) is 9.24 Å². The van der Waals surface area contributed by atoms with Crippen LogP contribution in [0.15, 0.2) is 0 Å². The van der Waals surface area contributed by atoms with Gasteiger partial charge in [-0.3, -0.25) is 4.37 Å². The Morgan fingerprint density at radius 3 is 2.50 bits per heavy atom. The van der Waals surface area contributed by atoms with Gasteiger partial charge in [-0.2, -0.15) is 4.98 Å². The van der Waals surface area contributed by atoms with E-state index in [-0.39, 0.29) is 29.6 Å². The first kappa shape index (κ1) is 9.07. The number of nitrogens with zero attached hydrogens (tertiary/aromatic N) is 1. The van der Waals surface area contributed by atoms with Crippen LogP contribution in [0.25, 0.3) is 0 Å². The van der Waals surface area contributed by atoms with Crippen LogP contribution in [0.2, 0.25) is 4.47 Å². The molecule has 0 spiro atoms. The maximum atomic E-state index is 5.37. The molecule has 38 valence electrons. The van der Waals surface area contributed by atoms with Crippen molar-refractivity contribution in [1.29, 1.82) is 0 Å². The van der Waals surface area contributed by atoms with Crippen LogP contribution in [0.1, 0.15) is 0 Å². The first-order valence-electron chi connectivity index (χ1n) is 1.50. The zero-order chi connectivity index (χ0) is 5.28. The number of nitrogens with one attached hydrogen (secondary N) is 1. The van der Waals surface area contributed by atoms with Crippen LogP contribution in [0.3, 0.4) is 0 Å². The summed E-state index contributed by atoms with van der Waals surface area (Å²) in [6.07, 6.45) is 0. The zero-order valence-electron chi connectivity index (χ0n) is 4.14. The molecule has 0 amide bonds. The molecule has 0 aliphatic rings. The quantitative estimate of drug-likeness (QED) is 0.399. The third-order valence-electron chi connectivity index (χ3n) is 0.412. The maximum absolute atomic E-state index is 5.37. The van der Waals surface area contributed by atoms with Crippen LogP contribution in [-0.4, -0.2) is 9.36 Å². The fourth-order valence-electron chi connectivity index (χ4n) is 0.211. The molecule has 1 heterocycles. The van der Waals surface area contributed by atoms with Crippen LogP contribution >= 0.6 is 35.4 Å². The van der Waals surface area contributed by atoms with E-state index in [1.165, 1.54) is 11.5 Å². The molecule has 2 nitrogen and oxygen atoms in total. The van der Waals surface area contributed by atoms with Gasteiger partial charge in [-0.15, -0.1) is 0 Å². The fourth-order valence-corrected chi connectivity index (χ4v) is 1.09. The molecule has 8 heavy (non-hydrogen) atoms. The van der Waals surface area contributed by atoms with Crippen LogP contribution in [0, 0.1) is 4.77 Å². The average molecular weight is 176 g/mol. The van der Waals surface area contributed by atoms with E-state index >= 15 is 0 Å². The number of hydrogen-bond acceptors (Lipinski definition) is 3. The van der Waals surface area contributed by atoms with Crippen molar-refractivity contribution in [3.05, 3.63) is 9.24 Å². The Morgan fingerprint density at radius 1 is 1.75 bits per heavy atom. The minimum atomic E-state index is 0. The molecular weight excluding hydrogens is 175 g/mol. The molecule has 6 heteroatoms. The predicted molar refractivity (Wildman–Crippen MR) is 32.3 cm³/mol. The third kappa shape index (κ3) is 2.57. The van der Waals surface area contributed by atoms with Gasteiger partial charge in [-0.25, -0.2) is 0 Å². The van der Waals surface area contributed by atoms with Crippen molar-refractivity contribution in [3.63, 3.8) is 0 Å². The monoisotopic (exact) mass is 175 g/mol. The number of aromatic amines is 1. The fraction of sp³-hybridized carbons (Fsp3) is 0. The second-order valence-electron chi connectivity index (χ2n) is 0.874. The summed E-state index contributed by atoms with van der Waals surface area (Å²) in [4.78, 5) is 3.65. The molecule has 0 atom stereocenters. The molecule has 0 unspecified atom stereocenters. The molecule has 0 radical (unpaired) electrons. The van der Waals surface area contributed by atoms with Crippen molar-refractivity contribution in [1.82, 2.24) is 9.36 Å². The SMILES string of the molecule is S=c1nc(Cl)s[nH]1.[Na+]. The third-order valence-corrected chi connectivity index (χ3v) is 1.61. The molecule has 0 saturated carbocycles. The van der Waals surface area contributed by atoms with Crippen LogP contribution < -0.4 is 29.6 Å². The van der Waals surface area contributed by atoms with E-state index in [1.54, 1.807) is 0 Å². The Balaban J connectivity index is 0.000000490. The summed E-state index contributed by atoms with van der Waals surface area (Å²) in [7, 11) is 0. The second kappa shape index (κ2) is 3.98. The van der Waals surface area contributed by atoms with Crippen molar-refractivity contribution in [2.24, 2.45) is 0 Å². The van der Waals surface area contributed by atoms with Gasteiger partial charge in [0.25, 0.3) is 0 Å². The molecule has 1 aromatic rings. The van der Waals surface area contributed by atoms with Gasteiger partial charge in [0.1, 0.15) is 0 Å². The zero-order valence-corrected chi connectivity index (χ0v) is 8.53. The van der Waals surface area contributed by atoms with Crippen molar-refractivity contribution in [3.8, 4) is 0 Å². The van der Waals surface area contributed by atoms with Gasteiger partial charge in [-0.1, -0.05) is 0 Å². The van der Waals surface area contributed by atoms with Gasteiger partial charge in [0.15, 0.2) is 0 Å². The Labute approximate surface area is 82.7 Å². The Kier molecular flexibility index (Phi) is 4.51. The van der Waals surface area contributed by atoms with Crippen LogP contribution in [-0.2, 0) is 0 Å². The molecule has 1 aromatic heterocycles. The van der Waals surface area contributed by atoms with Crippen molar-refractivity contribution < 1.29 is 29.6 Å². The molecule has 1 rings (SSSR count). The van der Waals surface area contributed by atoms with E-state index in [1.807, 2.05) is 0 Å². The van der Waals surface area contributed by atoms with E-state index in [2.05, 4.69) is 21.6 Å². The summed E-state index contributed by atoms with van der Waals surface area (Å²) in [6, 6.07) is 0. The molecule has 0 aromatic carbocycles. The maximum Gasteiger partial charge on any atom is 1.00 e. The van der Waals surface area contributed by atoms with E-state index in [0.717, 1.165) is 0 Å². The summed E-state index contributed by atoms with van der Waals surface area (Å²) in [5, 5.41) is 0. The number of H-pyrrole nitrogens is 1. The normalized spacial score (nSPS) is 8.12. The summed E-state index contributed by atoms with van der Waals surface area (Å²) < 4.78 is 3.60. The van der Waals surface area contributed by atoms with Crippen molar-refractivity contribution in [2.75, 3.05) is 0 Å². The summed E-state index contributed by atoms with van der Waals surface area (Å²) in [5.74, 6) is 0. The van der Waals surface area contributed by atoms with Gasteiger partial charge in [0, 0.05) is 0 Å². The number of halogens is 1. The summed E-state index contributed by atoms with van der Waals surface area (Å²) in [5.41, 5.74) is 0. The summed E-state index contributed by atoms with van der Waals surface area (Å²) in [6.45, 7) is 0. The van der Waals surface area contributed by atoms with Gasteiger partial charge in [0.05, 0.1) is 0 Å². The predicted octanol–water partition coefficient (Wildman–Crippen LogP) is -1.14. The number of hydrogen-bond donors (Lipinski definition) is 1. The second-order valence-corrected chi connectivity index (χ2v) is 2.64. The van der Waals surface area contributed by atoms with Crippen molar-refractivity contribution in [2.45, 2.75) is 0 Å². The van der Waals surface area contributed by atoms with Gasteiger partial charge in [-0.05, 0) is 35.4 Å². The minimum Gasteiger partial charge on any atom is -0.284 e. The van der Waals surface area contributed by atoms with Gasteiger partial charge < -0.3 is 0 Å². The molecule has 0 fully saturated rings. The Hall–Kier alpha value is 1.07. The largest absolute Gasteiger partial charge is 1.00 e. The smallest absolute Gasteiger partial charge is 0.284 e. The molecule has 0 saturated heterocycles. The molecule has 1 N–H and O–H groups in total.